The van der Waals surface area contributed by atoms with Crippen LogP contribution in [0.3, 0.4) is 0 Å². The molecule has 3 rings (SSSR count). The van der Waals surface area contributed by atoms with Crippen molar-refractivity contribution >= 4 is 5.91 Å². The molecular formula is C14H12N4O. The molecule has 1 aliphatic rings. The summed E-state index contributed by atoms with van der Waals surface area (Å²) in [5.41, 5.74) is 1.40. The third-order valence-electron chi connectivity index (χ3n) is 2.94. The quantitative estimate of drug-likeness (QED) is 0.761. The van der Waals surface area contributed by atoms with Gasteiger partial charge < -0.3 is 4.90 Å². The maximum absolute atomic E-state index is 12.1. The second-order valence-electron chi connectivity index (χ2n) is 4.21. The highest BCUT2D eigenvalue weighted by molar-refractivity contribution is 5.94. The van der Waals surface area contributed by atoms with E-state index in [1.165, 1.54) is 0 Å². The second-order valence-corrected chi connectivity index (χ2v) is 4.21. The molecule has 0 saturated carbocycles. The monoisotopic (exact) mass is 252 g/mol. The van der Waals surface area contributed by atoms with Gasteiger partial charge in [-0.25, -0.2) is 9.97 Å². The molecule has 19 heavy (non-hydrogen) atoms. The minimum absolute atomic E-state index is 0.0359. The molecule has 3 heterocycles. The predicted molar refractivity (Wildman–Crippen MR) is 70.3 cm³/mol. The first kappa shape index (κ1) is 11.5. The van der Waals surface area contributed by atoms with Gasteiger partial charge >= 0.3 is 0 Å². The van der Waals surface area contributed by atoms with Crippen LogP contribution in [0, 0.1) is 0 Å². The Bertz CT molecular complexity index is 599. The molecule has 0 unspecified atom stereocenters. The molecule has 0 atom stereocenters. The minimum atomic E-state index is -0.0359. The molecule has 2 aromatic heterocycles. The zero-order valence-electron chi connectivity index (χ0n) is 10.2. The molecular weight excluding hydrogens is 240 g/mol. The highest BCUT2D eigenvalue weighted by Crippen LogP contribution is 2.13. The van der Waals surface area contributed by atoms with Crippen molar-refractivity contribution in [1.82, 2.24) is 19.9 Å². The molecule has 1 aliphatic heterocycles. The van der Waals surface area contributed by atoms with E-state index in [4.69, 9.17) is 0 Å². The summed E-state index contributed by atoms with van der Waals surface area (Å²) < 4.78 is 0. The Morgan fingerprint density at radius 3 is 2.32 bits per heavy atom. The lowest BCUT2D eigenvalue weighted by atomic mass is 10.2. The highest BCUT2D eigenvalue weighted by Gasteiger charge is 2.17. The van der Waals surface area contributed by atoms with Gasteiger partial charge in [0.05, 0.1) is 5.56 Å². The zero-order chi connectivity index (χ0) is 13.1. The Balaban J connectivity index is 1.81. The van der Waals surface area contributed by atoms with E-state index in [1.54, 1.807) is 29.7 Å². The van der Waals surface area contributed by atoms with E-state index in [9.17, 15) is 4.79 Å². The number of aromatic nitrogens is 3. The van der Waals surface area contributed by atoms with Gasteiger partial charge in [0.25, 0.3) is 5.91 Å². The summed E-state index contributed by atoms with van der Waals surface area (Å²) in [6.07, 6.45) is 10.5. The van der Waals surface area contributed by atoms with Crippen molar-refractivity contribution in [3.63, 3.8) is 0 Å². The Labute approximate surface area is 110 Å². The number of hydrogen-bond donors (Lipinski definition) is 0. The van der Waals surface area contributed by atoms with E-state index in [0.717, 1.165) is 5.56 Å². The molecule has 1 amide bonds. The number of rotatable bonds is 2. The van der Waals surface area contributed by atoms with Crippen LogP contribution in [-0.2, 0) is 0 Å². The van der Waals surface area contributed by atoms with Crippen LogP contribution in [0.5, 0.6) is 0 Å². The molecule has 0 N–H and O–H groups in total. The minimum Gasteiger partial charge on any atom is -0.331 e. The maximum Gasteiger partial charge on any atom is 0.257 e. The van der Waals surface area contributed by atoms with Crippen molar-refractivity contribution in [2.75, 3.05) is 13.1 Å². The van der Waals surface area contributed by atoms with Crippen LogP contribution in [-0.4, -0.2) is 38.8 Å². The van der Waals surface area contributed by atoms with Crippen LogP contribution in [0.15, 0.2) is 49.1 Å². The van der Waals surface area contributed by atoms with Gasteiger partial charge in [-0.3, -0.25) is 9.78 Å². The summed E-state index contributed by atoms with van der Waals surface area (Å²) in [4.78, 5) is 26.2. The molecule has 94 valence electrons. The van der Waals surface area contributed by atoms with E-state index in [0.29, 0.717) is 24.5 Å². The van der Waals surface area contributed by atoms with Gasteiger partial charge in [0, 0.05) is 43.4 Å². The first-order chi connectivity index (χ1) is 9.34. The topological polar surface area (TPSA) is 59.0 Å². The lowest BCUT2D eigenvalue weighted by Gasteiger charge is -2.14. The number of carbonyl (C=O) groups is 1. The molecule has 0 spiro atoms. The molecule has 5 nitrogen and oxygen atoms in total. The smallest absolute Gasteiger partial charge is 0.257 e. The van der Waals surface area contributed by atoms with Crippen LogP contribution in [0.4, 0.5) is 0 Å². The van der Waals surface area contributed by atoms with Crippen LogP contribution < -0.4 is 0 Å². The van der Waals surface area contributed by atoms with Crippen molar-refractivity contribution in [3.05, 3.63) is 54.6 Å². The standard InChI is InChI=1S/C14H12N4O/c19-14(18-7-1-2-8-18)12-9-16-13(17-10-12)11-3-5-15-6-4-11/h1-6,9-10H,7-8H2. The summed E-state index contributed by atoms with van der Waals surface area (Å²) in [7, 11) is 0. The molecule has 2 aromatic rings. The fourth-order valence-corrected chi connectivity index (χ4v) is 1.92. The Kier molecular flexibility index (Phi) is 3.02. The van der Waals surface area contributed by atoms with Crippen molar-refractivity contribution in [2.24, 2.45) is 0 Å². The molecule has 0 bridgehead atoms. The van der Waals surface area contributed by atoms with Gasteiger partial charge in [-0.1, -0.05) is 12.2 Å². The lowest BCUT2D eigenvalue weighted by molar-refractivity contribution is 0.0799. The SMILES string of the molecule is O=C(c1cnc(-c2ccncc2)nc1)N1CC=CC1. The van der Waals surface area contributed by atoms with Crippen molar-refractivity contribution in [1.29, 1.82) is 0 Å². The average molecular weight is 252 g/mol. The Morgan fingerprint density at radius 1 is 1.05 bits per heavy atom. The van der Waals surface area contributed by atoms with Crippen LogP contribution in [0.1, 0.15) is 10.4 Å². The van der Waals surface area contributed by atoms with Crippen LogP contribution in [0.25, 0.3) is 11.4 Å². The summed E-state index contributed by atoms with van der Waals surface area (Å²) in [5.74, 6) is 0.560. The fraction of sp³-hybridized carbons (Fsp3) is 0.143. The number of pyridine rings is 1. The van der Waals surface area contributed by atoms with E-state index in [-0.39, 0.29) is 5.91 Å². The third kappa shape index (κ3) is 2.35. The van der Waals surface area contributed by atoms with Crippen LogP contribution >= 0.6 is 0 Å². The van der Waals surface area contributed by atoms with E-state index >= 15 is 0 Å². The van der Waals surface area contributed by atoms with Crippen LogP contribution in [0.2, 0.25) is 0 Å². The van der Waals surface area contributed by atoms with Gasteiger partial charge in [-0.15, -0.1) is 0 Å². The Morgan fingerprint density at radius 2 is 1.68 bits per heavy atom. The van der Waals surface area contributed by atoms with E-state index in [2.05, 4.69) is 15.0 Å². The molecule has 0 saturated heterocycles. The molecule has 0 aromatic carbocycles. The maximum atomic E-state index is 12.1. The van der Waals surface area contributed by atoms with Gasteiger partial charge in [0.1, 0.15) is 0 Å². The van der Waals surface area contributed by atoms with E-state index < -0.39 is 0 Å². The van der Waals surface area contributed by atoms with Crippen molar-refractivity contribution in [2.45, 2.75) is 0 Å². The number of amides is 1. The summed E-state index contributed by atoms with van der Waals surface area (Å²) in [5, 5.41) is 0. The summed E-state index contributed by atoms with van der Waals surface area (Å²) in [6, 6.07) is 3.67. The first-order valence-corrected chi connectivity index (χ1v) is 6.01. The van der Waals surface area contributed by atoms with Gasteiger partial charge in [0.15, 0.2) is 5.82 Å². The molecule has 5 heteroatoms. The second kappa shape index (κ2) is 4.97. The number of hydrogen-bond acceptors (Lipinski definition) is 4. The summed E-state index contributed by atoms with van der Waals surface area (Å²) in [6.45, 7) is 1.32. The number of nitrogens with zero attached hydrogens (tertiary/aromatic N) is 4. The molecule has 0 aliphatic carbocycles. The zero-order valence-corrected chi connectivity index (χ0v) is 10.2. The van der Waals surface area contributed by atoms with Gasteiger partial charge in [-0.2, -0.15) is 0 Å². The van der Waals surface area contributed by atoms with Gasteiger partial charge in [-0.05, 0) is 12.1 Å². The molecule has 0 fully saturated rings. The molecule has 0 radical (unpaired) electrons. The average Bonchev–Trinajstić information content (AvgIpc) is 3.02. The largest absolute Gasteiger partial charge is 0.331 e. The van der Waals surface area contributed by atoms with E-state index in [1.807, 2.05) is 24.3 Å². The Hall–Kier alpha value is -2.56. The normalized spacial score (nSPS) is 13.8. The van der Waals surface area contributed by atoms with Crippen molar-refractivity contribution < 1.29 is 4.79 Å². The highest BCUT2D eigenvalue weighted by atomic mass is 16.2. The van der Waals surface area contributed by atoms with Crippen molar-refractivity contribution in [3.8, 4) is 11.4 Å². The fourth-order valence-electron chi connectivity index (χ4n) is 1.92. The van der Waals surface area contributed by atoms with Gasteiger partial charge in [0.2, 0.25) is 0 Å². The summed E-state index contributed by atoms with van der Waals surface area (Å²) >= 11 is 0. The predicted octanol–water partition coefficient (Wildman–Crippen LogP) is 1.55. The number of carbonyl (C=O) groups excluding carboxylic acids is 1. The third-order valence-corrected chi connectivity index (χ3v) is 2.94. The lowest BCUT2D eigenvalue weighted by Crippen LogP contribution is -2.28. The first-order valence-electron chi connectivity index (χ1n) is 6.01.